The van der Waals surface area contributed by atoms with Gasteiger partial charge in [-0.3, -0.25) is 14.6 Å². The number of hydrogen-bond donors (Lipinski definition) is 1. The minimum absolute atomic E-state index is 0.0292. The highest BCUT2D eigenvalue weighted by molar-refractivity contribution is 5.22. The van der Waals surface area contributed by atoms with Crippen LogP contribution in [-0.4, -0.2) is 26.8 Å². The molecule has 0 fully saturated rings. The highest BCUT2D eigenvalue weighted by atomic mass is 15.3. The van der Waals surface area contributed by atoms with E-state index < -0.39 is 0 Å². The van der Waals surface area contributed by atoms with Gasteiger partial charge < -0.3 is 5.32 Å². The standard InChI is InChI=1S/C12H17N5/c1-4-9-7-11(17(3)16-9)12(13-2)10-8-14-5-6-15-10/h5-8,12-13H,4H2,1-3H3. The molecular formula is C12H17N5. The molecule has 2 heterocycles. The fourth-order valence-electron chi connectivity index (χ4n) is 1.89. The van der Waals surface area contributed by atoms with Crippen LogP contribution < -0.4 is 5.32 Å². The van der Waals surface area contributed by atoms with Gasteiger partial charge in [0, 0.05) is 19.4 Å². The Morgan fingerprint density at radius 2 is 2.24 bits per heavy atom. The van der Waals surface area contributed by atoms with E-state index >= 15 is 0 Å². The third kappa shape index (κ3) is 2.34. The molecule has 2 aromatic rings. The molecule has 5 heteroatoms. The molecule has 1 atom stereocenters. The molecule has 1 unspecified atom stereocenters. The van der Waals surface area contributed by atoms with Crippen molar-refractivity contribution in [1.29, 1.82) is 0 Å². The van der Waals surface area contributed by atoms with E-state index in [9.17, 15) is 0 Å². The van der Waals surface area contributed by atoms with Crippen LogP contribution in [0.4, 0.5) is 0 Å². The van der Waals surface area contributed by atoms with Gasteiger partial charge in [0.15, 0.2) is 0 Å². The van der Waals surface area contributed by atoms with Crippen LogP contribution in [0.3, 0.4) is 0 Å². The van der Waals surface area contributed by atoms with Gasteiger partial charge in [0.05, 0.1) is 29.3 Å². The Labute approximate surface area is 101 Å². The van der Waals surface area contributed by atoms with Crippen LogP contribution >= 0.6 is 0 Å². The van der Waals surface area contributed by atoms with Crippen LogP contribution in [0.5, 0.6) is 0 Å². The second-order valence-corrected chi connectivity index (χ2v) is 3.89. The van der Waals surface area contributed by atoms with Crippen molar-refractivity contribution in [3.8, 4) is 0 Å². The summed E-state index contributed by atoms with van der Waals surface area (Å²) in [6, 6.07) is 2.14. The normalized spacial score (nSPS) is 12.6. The number of rotatable bonds is 4. The van der Waals surface area contributed by atoms with E-state index in [0.29, 0.717) is 0 Å². The predicted molar refractivity (Wildman–Crippen MR) is 65.5 cm³/mol. The Hall–Kier alpha value is -1.75. The summed E-state index contributed by atoms with van der Waals surface area (Å²) in [6.45, 7) is 2.10. The quantitative estimate of drug-likeness (QED) is 0.855. The Kier molecular flexibility index (Phi) is 3.49. The fourth-order valence-corrected chi connectivity index (χ4v) is 1.89. The summed E-state index contributed by atoms with van der Waals surface area (Å²) in [7, 11) is 3.87. The molecule has 0 aliphatic heterocycles. The smallest absolute Gasteiger partial charge is 0.0935 e. The molecule has 5 nitrogen and oxygen atoms in total. The van der Waals surface area contributed by atoms with Crippen molar-refractivity contribution in [2.45, 2.75) is 19.4 Å². The van der Waals surface area contributed by atoms with E-state index in [1.807, 2.05) is 18.8 Å². The lowest BCUT2D eigenvalue weighted by Gasteiger charge is -2.15. The second-order valence-electron chi connectivity index (χ2n) is 3.89. The first-order chi connectivity index (χ1) is 8.26. The van der Waals surface area contributed by atoms with E-state index in [4.69, 9.17) is 0 Å². The summed E-state index contributed by atoms with van der Waals surface area (Å²) in [4.78, 5) is 8.44. The van der Waals surface area contributed by atoms with Crippen LogP contribution in [-0.2, 0) is 13.5 Å². The molecule has 0 saturated heterocycles. The van der Waals surface area contributed by atoms with Gasteiger partial charge in [0.2, 0.25) is 0 Å². The van der Waals surface area contributed by atoms with E-state index in [-0.39, 0.29) is 6.04 Å². The lowest BCUT2D eigenvalue weighted by molar-refractivity contribution is 0.590. The van der Waals surface area contributed by atoms with E-state index in [1.54, 1.807) is 18.6 Å². The molecule has 0 radical (unpaired) electrons. The van der Waals surface area contributed by atoms with Crippen LogP contribution in [0.15, 0.2) is 24.7 Å². The van der Waals surface area contributed by atoms with Gasteiger partial charge in [-0.1, -0.05) is 6.92 Å². The molecule has 0 spiro atoms. The van der Waals surface area contributed by atoms with Gasteiger partial charge >= 0.3 is 0 Å². The summed E-state index contributed by atoms with van der Waals surface area (Å²) in [5.74, 6) is 0. The van der Waals surface area contributed by atoms with Gasteiger partial charge in [-0.2, -0.15) is 5.10 Å². The van der Waals surface area contributed by atoms with Crippen molar-refractivity contribution >= 4 is 0 Å². The van der Waals surface area contributed by atoms with Crippen LogP contribution in [0.1, 0.15) is 30.0 Å². The molecule has 2 rings (SSSR count). The Morgan fingerprint density at radius 1 is 1.41 bits per heavy atom. The summed E-state index contributed by atoms with van der Waals surface area (Å²) < 4.78 is 1.90. The number of nitrogens with zero attached hydrogens (tertiary/aromatic N) is 4. The van der Waals surface area contributed by atoms with Gasteiger partial charge in [-0.25, -0.2) is 0 Å². The van der Waals surface area contributed by atoms with E-state index in [0.717, 1.165) is 23.5 Å². The third-order valence-corrected chi connectivity index (χ3v) is 2.79. The minimum Gasteiger partial charge on any atom is -0.307 e. The molecule has 0 saturated carbocycles. The number of hydrogen-bond acceptors (Lipinski definition) is 4. The van der Waals surface area contributed by atoms with Crippen LogP contribution in [0.25, 0.3) is 0 Å². The van der Waals surface area contributed by atoms with E-state index in [2.05, 4.69) is 33.4 Å². The highest BCUT2D eigenvalue weighted by Crippen LogP contribution is 2.19. The Morgan fingerprint density at radius 3 is 2.76 bits per heavy atom. The summed E-state index contributed by atoms with van der Waals surface area (Å²) in [6.07, 6.45) is 6.10. The first-order valence-electron chi connectivity index (χ1n) is 5.72. The summed E-state index contributed by atoms with van der Waals surface area (Å²) in [5, 5.41) is 7.70. The van der Waals surface area contributed by atoms with Gasteiger partial charge in [-0.05, 0) is 19.5 Å². The zero-order valence-electron chi connectivity index (χ0n) is 10.4. The second kappa shape index (κ2) is 5.05. The first kappa shape index (κ1) is 11.7. The zero-order chi connectivity index (χ0) is 12.3. The largest absolute Gasteiger partial charge is 0.307 e. The lowest BCUT2D eigenvalue weighted by atomic mass is 10.1. The van der Waals surface area contributed by atoms with Crippen LogP contribution in [0.2, 0.25) is 0 Å². The molecule has 0 aromatic carbocycles. The molecule has 1 N–H and O–H groups in total. The van der Waals surface area contributed by atoms with Crippen molar-refractivity contribution in [2.24, 2.45) is 7.05 Å². The molecule has 90 valence electrons. The predicted octanol–water partition coefficient (Wildman–Crippen LogP) is 1.08. The van der Waals surface area contributed by atoms with Gasteiger partial charge in [-0.15, -0.1) is 0 Å². The number of aromatic nitrogens is 4. The average molecular weight is 231 g/mol. The first-order valence-corrected chi connectivity index (χ1v) is 5.72. The summed E-state index contributed by atoms with van der Waals surface area (Å²) in [5.41, 5.74) is 3.09. The van der Waals surface area contributed by atoms with Crippen molar-refractivity contribution in [3.63, 3.8) is 0 Å². The Balaban J connectivity index is 2.38. The fraction of sp³-hybridized carbons (Fsp3) is 0.417. The van der Waals surface area contributed by atoms with Crippen LogP contribution in [0, 0.1) is 0 Å². The molecule has 0 aliphatic rings. The van der Waals surface area contributed by atoms with E-state index in [1.165, 1.54) is 0 Å². The molecular weight excluding hydrogens is 214 g/mol. The monoisotopic (exact) mass is 231 g/mol. The molecule has 0 bridgehead atoms. The van der Waals surface area contributed by atoms with Gasteiger partial charge in [0.25, 0.3) is 0 Å². The maximum atomic E-state index is 4.45. The Bertz CT molecular complexity index is 477. The highest BCUT2D eigenvalue weighted by Gasteiger charge is 2.18. The van der Waals surface area contributed by atoms with Crippen molar-refractivity contribution in [3.05, 3.63) is 41.7 Å². The van der Waals surface area contributed by atoms with Crippen molar-refractivity contribution in [2.75, 3.05) is 7.05 Å². The van der Waals surface area contributed by atoms with Gasteiger partial charge in [0.1, 0.15) is 0 Å². The third-order valence-electron chi connectivity index (χ3n) is 2.79. The topological polar surface area (TPSA) is 55.6 Å². The van der Waals surface area contributed by atoms with Crippen molar-refractivity contribution < 1.29 is 0 Å². The number of aryl methyl sites for hydroxylation is 2. The summed E-state index contributed by atoms with van der Waals surface area (Å²) >= 11 is 0. The number of nitrogens with one attached hydrogen (secondary N) is 1. The maximum absolute atomic E-state index is 4.45. The molecule has 2 aromatic heterocycles. The zero-order valence-corrected chi connectivity index (χ0v) is 10.4. The minimum atomic E-state index is 0.0292. The maximum Gasteiger partial charge on any atom is 0.0935 e. The molecule has 0 amide bonds. The lowest BCUT2D eigenvalue weighted by Crippen LogP contribution is -2.21. The molecule has 17 heavy (non-hydrogen) atoms. The average Bonchev–Trinajstić information content (AvgIpc) is 2.73. The molecule has 0 aliphatic carbocycles. The van der Waals surface area contributed by atoms with Crippen molar-refractivity contribution in [1.82, 2.24) is 25.1 Å². The SMILES string of the molecule is CCc1cc(C(NC)c2cnccn2)n(C)n1.